The number of carbonyl (C=O) groups excluding carboxylic acids is 3. The molecule has 32 heteroatoms. The Morgan fingerprint density at radius 2 is 1.38 bits per heavy atom. The Labute approximate surface area is 516 Å². The first-order valence-corrected chi connectivity index (χ1v) is 37.4. The van der Waals surface area contributed by atoms with Crippen LogP contribution in [0, 0.1) is 0 Å². The van der Waals surface area contributed by atoms with E-state index in [1.165, 1.54) is 25.2 Å². The van der Waals surface area contributed by atoms with Crippen LogP contribution in [0.25, 0.3) is 21.5 Å². The summed E-state index contributed by atoms with van der Waals surface area (Å²) in [5.41, 5.74) is 1.74. The molecule has 1 aliphatic carbocycles. The van der Waals surface area contributed by atoms with Gasteiger partial charge in [-0.25, -0.2) is 17.5 Å². The molecule has 4 aromatic carbocycles. The molecule has 1 fully saturated rings. The summed E-state index contributed by atoms with van der Waals surface area (Å²) in [5.74, 6) is -4.17. The van der Waals surface area contributed by atoms with E-state index >= 15 is 0 Å². The predicted molar refractivity (Wildman–Crippen MR) is 332 cm³/mol. The highest BCUT2D eigenvalue weighted by Gasteiger charge is 2.42. The lowest BCUT2D eigenvalue weighted by atomic mass is 9.75. The molecule has 3 aliphatic rings. The molecule has 0 unspecified atom stereocenters. The third-order valence-corrected chi connectivity index (χ3v) is 22.8. The molecule has 0 spiro atoms. The van der Waals surface area contributed by atoms with E-state index in [4.69, 9.17) is 4.84 Å². The molecule has 0 bridgehead atoms. The highest BCUT2D eigenvalue weighted by Crippen LogP contribution is 2.52. The van der Waals surface area contributed by atoms with E-state index in [-0.39, 0.29) is 90.8 Å². The fourth-order valence-corrected chi connectivity index (χ4v) is 16.8. The van der Waals surface area contributed by atoms with Gasteiger partial charge in [-0.1, -0.05) is 76.8 Å². The molecule has 0 saturated carbocycles. The predicted octanol–water partition coefficient (Wildman–Crippen LogP) is 7.52. The molecule has 88 heavy (non-hydrogen) atoms. The zero-order valence-electron chi connectivity index (χ0n) is 48.5. The van der Waals surface area contributed by atoms with Crippen molar-refractivity contribution in [1.82, 2.24) is 9.37 Å². The number of nitrogens with zero attached hydrogens (tertiary/aromatic N) is 3. The third-order valence-electron chi connectivity index (χ3n) is 15.3. The molecular weight excluding hydrogens is 1290 g/mol. The summed E-state index contributed by atoms with van der Waals surface area (Å²) in [5, 5.41) is 4.13. The minimum atomic E-state index is -5.14. The summed E-state index contributed by atoms with van der Waals surface area (Å²) in [6.45, 7) is 11.3. The maximum atomic E-state index is 14.3. The summed E-state index contributed by atoms with van der Waals surface area (Å²) in [6.07, 6.45) is 7.79. The molecule has 7 rings (SSSR count). The maximum Gasteiger partial charge on any atom is 0.333 e. The number of allylic oxidation sites excluding steroid dienone is 8. The van der Waals surface area contributed by atoms with Crippen molar-refractivity contribution >= 4 is 123 Å². The van der Waals surface area contributed by atoms with Gasteiger partial charge in [0.25, 0.3) is 62.4 Å². The first-order valence-electron chi connectivity index (χ1n) is 27.3. The SMILES string of the molecule is C=C(/C=C/C1=C(SCCS(=O)(=O)O)C(=C/C=C2/N(CCCS(=O)(=O)O)c3ccc4c(S(=O)(=O)N(C)CCCC(=O)ON5C(=O)CCC5=O)cccc4c3C2(C)C)/CCC1)C(C)(C)c1c(NCCCS(=O)(=O)O)ccc2c(S(=O)(=O)O)cc(S(=O)(=O)O)cc12. The normalized spacial score (nSPS) is 17.4. The Balaban J connectivity index is 1.29. The highest BCUT2D eigenvalue weighted by molar-refractivity contribution is 8.04. The van der Waals surface area contributed by atoms with E-state index < -0.39 is 116 Å². The van der Waals surface area contributed by atoms with Crippen LogP contribution in [0.15, 0.2) is 127 Å². The van der Waals surface area contributed by atoms with Crippen LogP contribution < -0.4 is 10.2 Å². The Bertz CT molecular complexity index is 4350. The van der Waals surface area contributed by atoms with Gasteiger partial charge in [0.1, 0.15) is 4.90 Å². The van der Waals surface area contributed by atoms with E-state index in [0.717, 1.165) is 22.1 Å². The summed E-state index contributed by atoms with van der Waals surface area (Å²) < 4.78 is 202. The Morgan fingerprint density at radius 1 is 0.750 bits per heavy atom. The average Bonchev–Trinajstić information content (AvgIpc) is 1.47. The monoisotopic (exact) mass is 1360 g/mol. The number of carbonyl (C=O) groups is 3. The number of fused-ring (bicyclic) bond motifs is 4. The van der Waals surface area contributed by atoms with Crippen molar-refractivity contribution < 1.29 is 92.5 Å². The Kier molecular flexibility index (Phi) is 21.0. The molecular formula is C56H68N4O21S7. The first-order chi connectivity index (χ1) is 40.6. The number of anilines is 2. The molecule has 2 amide bonds. The zero-order valence-corrected chi connectivity index (χ0v) is 54.2. The summed E-state index contributed by atoms with van der Waals surface area (Å²) in [7, 11) is -26.4. The number of sulfonamides is 1. The second kappa shape index (κ2) is 26.5. The number of amides is 2. The quantitative estimate of drug-likeness (QED) is 0.0145. The number of benzene rings is 4. The number of hydrogen-bond acceptors (Lipinski definition) is 19. The Hall–Kier alpha value is -5.88. The van der Waals surface area contributed by atoms with E-state index in [1.54, 1.807) is 50.3 Å². The van der Waals surface area contributed by atoms with Crippen LogP contribution in [0.1, 0.15) is 96.6 Å². The summed E-state index contributed by atoms with van der Waals surface area (Å²) in [4.78, 5) is 42.0. The lowest BCUT2D eigenvalue weighted by Gasteiger charge is -2.31. The van der Waals surface area contributed by atoms with Crippen molar-refractivity contribution in [3.8, 4) is 0 Å². The van der Waals surface area contributed by atoms with Gasteiger partial charge in [-0.2, -0.15) is 42.1 Å². The minimum Gasteiger partial charge on any atom is -0.385 e. The smallest absolute Gasteiger partial charge is 0.333 e. The molecule has 2 heterocycles. The molecule has 0 radical (unpaired) electrons. The number of thioether (sulfide) groups is 1. The van der Waals surface area contributed by atoms with Crippen molar-refractivity contribution in [1.29, 1.82) is 0 Å². The highest BCUT2D eigenvalue weighted by atomic mass is 32.2. The van der Waals surface area contributed by atoms with E-state index in [0.29, 0.717) is 79.7 Å². The van der Waals surface area contributed by atoms with Crippen molar-refractivity contribution in [2.75, 3.05) is 59.9 Å². The topological polar surface area (TPSA) is 388 Å². The van der Waals surface area contributed by atoms with Gasteiger partial charge < -0.3 is 15.1 Å². The number of rotatable bonds is 27. The van der Waals surface area contributed by atoms with Crippen LogP contribution in [0.4, 0.5) is 11.4 Å². The first kappa shape index (κ1) is 69.6. The molecule has 4 aromatic rings. The molecule has 25 nitrogen and oxygen atoms in total. The van der Waals surface area contributed by atoms with Gasteiger partial charge in [0.15, 0.2) is 0 Å². The fraction of sp³-hybridized carbons (Fsp3) is 0.411. The van der Waals surface area contributed by atoms with Crippen molar-refractivity contribution in [2.24, 2.45) is 0 Å². The van der Waals surface area contributed by atoms with Crippen LogP contribution in [-0.4, -0.2) is 150 Å². The van der Waals surface area contributed by atoms with Crippen molar-refractivity contribution in [3.63, 3.8) is 0 Å². The van der Waals surface area contributed by atoms with Crippen LogP contribution in [0.3, 0.4) is 0 Å². The van der Waals surface area contributed by atoms with Gasteiger partial charge in [0.2, 0.25) is 10.0 Å². The molecule has 0 aromatic heterocycles. The Morgan fingerprint density at radius 3 is 2.00 bits per heavy atom. The van der Waals surface area contributed by atoms with E-state index in [1.807, 2.05) is 30.9 Å². The molecule has 2 aliphatic heterocycles. The van der Waals surface area contributed by atoms with Crippen molar-refractivity contribution in [2.45, 2.75) is 111 Å². The second-order valence-corrected chi connectivity index (χ2v) is 32.9. The standard InChI is InChI=1S/C56H68N4O21S7/c1-36(55(2,3)52-43-34-39(87(75,76)77)35-47(88(78,79)80)41(43)20-22-44(52)57-27-10-31-83(64,65)66)17-18-37-12-7-13-38(54(37)82-30-33-85(70,71)72)19-24-48-56(4,5)53-42-14-8-15-46(40(42)21-23-45(53)59(48)29-11-32-84(67,68)69)86(73,74)58(6)28-9-16-51(63)81-60-49(61)25-26-50(60)62/h8,14-15,17-24,34-35,57H,1,7,9-13,16,25-33H2,2-6H3,(H,64,65,66)(H,67,68,69)(H,70,71,72)(H,75,76,77)(H,78,79,80)/b18-17+,38-19+,48-24+. The van der Waals surface area contributed by atoms with Crippen LogP contribution in [0.5, 0.6) is 0 Å². The van der Waals surface area contributed by atoms with Crippen LogP contribution in [0.2, 0.25) is 0 Å². The lowest BCUT2D eigenvalue weighted by Crippen LogP contribution is -2.32. The van der Waals surface area contributed by atoms with E-state index in [9.17, 15) is 87.7 Å². The maximum absolute atomic E-state index is 14.3. The second-order valence-electron chi connectivity index (χ2n) is 22.3. The fourth-order valence-electron chi connectivity index (χ4n) is 10.9. The van der Waals surface area contributed by atoms with Crippen molar-refractivity contribution in [3.05, 3.63) is 124 Å². The van der Waals surface area contributed by atoms with Gasteiger partial charge in [0, 0.05) is 95.3 Å². The van der Waals surface area contributed by atoms with E-state index in [2.05, 4.69) is 11.9 Å². The molecule has 1 saturated heterocycles. The summed E-state index contributed by atoms with van der Waals surface area (Å²) >= 11 is 1.14. The van der Waals surface area contributed by atoms with Gasteiger partial charge in [-0.15, -0.1) is 16.8 Å². The number of imide groups is 1. The molecule has 480 valence electrons. The van der Waals surface area contributed by atoms with Gasteiger partial charge in [-0.3, -0.25) is 32.4 Å². The number of hydroxylamine groups is 2. The van der Waals surface area contributed by atoms with Gasteiger partial charge in [0.05, 0.1) is 27.0 Å². The third kappa shape index (κ3) is 16.4. The van der Waals surface area contributed by atoms with Gasteiger partial charge >= 0.3 is 5.97 Å². The summed E-state index contributed by atoms with van der Waals surface area (Å²) in [6, 6.07) is 12.4. The van der Waals surface area contributed by atoms with Crippen LogP contribution >= 0.6 is 11.8 Å². The molecule has 6 N–H and O–H groups in total. The molecule has 0 atom stereocenters. The minimum absolute atomic E-state index is 0.0192. The van der Waals surface area contributed by atoms with Crippen LogP contribution in [-0.2, 0) is 90.7 Å². The number of hydrogen-bond donors (Lipinski definition) is 6. The zero-order chi connectivity index (χ0) is 65.3. The largest absolute Gasteiger partial charge is 0.385 e. The average molecular weight is 1360 g/mol. The lowest BCUT2D eigenvalue weighted by molar-refractivity contribution is -0.197. The number of nitrogens with one attached hydrogen (secondary N) is 1. The van der Waals surface area contributed by atoms with Gasteiger partial charge in [-0.05, 0) is 114 Å².